The maximum Gasteiger partial charge on any atom is 0.310 e. The van der Waals surface area contributed by atoms with Crippen molar-refractivity contribution in [3.63, 3.8) is 0 Å². The third-order valence-electron chi connectivity index (χ3n) is 9.87. The second-order valence-electron chi connectivity index (χ2n) is 15.4. The monoisotopic (exact) mass is 647 g/mol. The highest BCUT2D eigenvalue weighted by Gasteiger charge is 2.65. The molecule has 5 rings (SSSR count). The molecular formula is C32H46F5NO3SSi. The largest absolute Gasteiger partial charge is 0.410 e. The zero-order valence-corrected chi connectivity index (χ0v) is 28.6. The Morgan fingerprint density at radius 3 is 2.07 bits per heavy atom. The number of rotatable bonds is 5. The molecule has 43 heavy (non-hydrogen) atoms. The van der Waals surface area contributed by atoms with Gasteiger partial charge >= 0.3 is 10.2 Å². The van der Waals surface area contributed by atoms with Crippen LogP contribution >= 0.6 is 10.2 Å². The number of nitrogens with zero attached hydrogens (tertiary/aromatic N) is 1. The Bertz CT molecular complexity index is 1410. The number of hydrogen-bond acceptors (Lipinski definition) is 4. The van der Waals surface area contributed by atoms with Crippen molar-refractivity contribution >= 4 is 18.5 Å². The number of ether oxygens (including phenoxy) is 2. The van der Waals surface area contributed by atoms with Crippen LogP contribution in [-0.2, 0) is 25.9 Å². The van der Waals surface area contributed by atoms with Gasteiger partial charge in [0, 0.05) is 48.6 Å². The zero-order chi connectivity index (χ0) is 32.1. The Kier molecular flexibility index (Phi) is 7.26. The fourth-order valence-electron chi connectivity index (χ4n) is 6.67. The molecule has 2 atom stereocenters. The van der Waals surface area contributed by atoms with E-state index in [9.17, 15) is 19.4 Å². The van der Waals surface area contributed by atoms with Gasteiger partial charge in [-0.1, -0.05) is 80.0 Å². The molecule has 4 nitrogen and oxygen atoms in total. The summed E-state index contributed by atoms with van der Waals surface area (Å²) < 4.78 is 87.9. The quantitative estimate of drug-likeness (QED) is 0.239. The molecule has 1 aromatic heterocycles. The predicted octanol–water partition coefficient (Wildman–Crippen LogP) is 11.0. The van der Waals surface area contributed by atoms with Crippen molar-refractivity contribution in [2.45, 2.75) is 121 Å². The standard InChI is InChI=1S/C32H46F5NO3SSi/c1-20(2)28-26-27(25-23(38-28)18-31(6,7)19-24(25)41-43(8,9)30(3,4)5)32(14-16-39-17-15-32)40-29(26)21-10-12-22(13-11-21)42(33,34,35,36)37/h10-13,20,24,29H,14-19H2,1-9H3/t24-,29+/m0/s1. The highest BCUT2D eigenvalue weighted by atomic mass is 32.5. The summed E-state index contributed by atoms with van der Waals surface area (Å²) in [6, 6.07) is 3.25. The predicted molar refractivity (Wildman–Crippen MR) is 164 cm³/mol. The van der Waals surface area contributed by atoms with Crippen LogP contribution in [0.1, 0.15) is 119 Å². The van der Waals surface area contributed by atoms with Crippen LogP contribution in [-0.4, -0.2) is 26.5 Å². The van der Waals surface area contributed by atoms with Crippen molar-refractivity contribution in [2.75, 3.05) is 13.2 Å². The molecule has 3 heterocycles. The minimum Gasteiger partial charge on any atom is -0.410 e. The van der Waals surface area contributed by atoms with Crippen LogP contribution in [0.25, 0.3) is 0 Å². The summed E-state index contributed by atoms with van der Waals surface area (Å²) in [6.45, 7) is 20.7. The van der Waals surface area contributed by atoms with Crippen molar-refractivity contribution in [3.8, 4) is 0 Å². The third-order valence-corrected chi connectivity index (χ3v) is 15.5. The average molecular weight is 648 g/mol. The molecule has 11 heteroatoms. The second-order valence-corrected chi connectivity index (χ2v) is 22.5. The van der Waals surface area contributed by atoms with Crippen molar-refractivity contribution in [1.29, 1.82) is 0 Å². The van der Waals surface area contributed by atoms with Crippen molar-refractivity contribution in [2.24, 2.45) is 5.41 Å². The van der Waals surface area contributed by atoms with Crippen LogP contribution in [0.5, 0.6) is 0 Å². The first kappa shape index (κ1) is 32.8. The van der Waals surface area contributed by atoms with E-state index in [1.54, 1.807) is 0 Å². The van der Waals surface area contributed by atoms with Gasteiger partial charge in [-0.2, -0.15) is 0 Å². The minimum atomic E-state index is -9.82. The highest BCUT2D eigenvalue weighted by Crippen LogP contribution is 3.02. The lowest BCUT2D eigenvalue weighted by Gasteiger charge is -2.46. The summed E-state index contributed by atoms with van der Waals surface area (Å²) in [5.74, 6) is -0.00564. The number of pyridine rings is 1. The molecule has 2 aromatic rings. The van der Waals surface area contributed by atoms with Gasteiger partial charge in [-0.3, -0.25) is 4.98 Å². The summed E-state index contributed by atoms with van der Waals surface area (Å²) in [4.78, 5) is 3.38. The van der Waals surface area contributed by atoms with Gasteiger partial charge in [0.25, 0.3) is 0 Å². The number of hydrogen-bond donors (Lipinski definition) is 0. The molecule has 0 N–H and O–H groups in total. The molecule has 1 aliphatic carbocycles. The van der Waals surface area contributed by atoms with E-state index in [1.807, 2.05) is 0 Å². The van der Waals surface area contributed by atoms with Gasteiger partial charge in [0.15, 0.2) is 8.32 Å². The highest BCUT2D eigenvalue weighted by molar-refractivity contribution is 8.45. The molecule has 242 valence electrons. The van der Waals surface area contributed by atoms with Crippen molar-refractivity contribution in [1.82, 2.24) is 4.98 Å². The lowest BCUT2D eigenvalue weighted by molar-refractivity contribution is -0.122. The summed E-state index contributed by atoms with van der Waals surface area (Å²) in [5.41, 5.74) is 4.36. The lowest BCUT2D eigenvalue weighted by atomic mass is 9.70. The molecule has 1 aromatic carbocycles. The average Bonchev–Trinajstić information content (AvgIpc) is 3.15. The Morgan fingerprint density at radius 2 is 1.56 bits per heavy atom. The molecule has 0 unspecified atom stereocenters. The van der Waals surface area contributed by atoms with Crippen LogP contribution in [0.2, 0.25) is 18.1 Å². The number of halogens is 5. The van der Waals surface area contributed by atoms with Gasteiger partial charge < -0.3 is 13.9 Å². The fourth-order valence-corrected chi connectivity index (χ4v) is 8.59. The maximum absolute atomic E-state index is 13.6. The summed E-state index contributed by atoms with van der Waals surface area (Å²) >= 11 is 0. The van der Waals surface area contributed by atoms with E-state index in [2.05, 4.69) is 61.6 Å². The van der Waals surface area contributed by atoms with Crippen LogP contribution in [0.3, 0.4) is 0 Å². The topological polar surface area (TPSA) is 40.6 Å². The van der Waals surface area contributed by atoms with Gasteiger partial charge in [0.2, 0.25) is 0 Å². The first-order valence-electron chi connectivity index (χ1n) is 15.2. The van der Waals surface area contributed by atoms with Gasteiger partial charge in [-0.05, 0) is 65.6 Å². The van der Waals surface area contributed by atoms with Gasteiger partial charge in [0.05, 0.1) is 11.7 Å². The van der Waals surface area contributed by atoms with Gasteiger partial charge in [-0.15, -0.1) is 0 Å². The van der Waals surface area contributed by atoms with Crippen LogP contribution in [0.4, 0.5) is 19.4 Å². The molecule has 1 fully saturated rings. The molecule has 2 aliphatic heterocycles. The molecule has 0 bridgehead atoms. The Balaban J connectivity index is 1.76. The second kappa shape index (κ2) is 9.50. The normalized spacial score (nSPS) is 25.3. The SMILES string of the molecule is CC(C)c1nc2c(c3c1[C@@H](c1ccc(S(F)(F)(F)(F)F)cc1)OC31CCOCC1)[C@@H](O[Si](C)(C)C(C)(C)C)CC(C)(C)C2. The number of fused-ring (bicyclic) bond motifs is 4. The summed E-state index contributed by atoms with van der Waals surface area (Å²) in [5, 5.41) is -0.0246. The molecule has 1 saturated heterocycles. The fraction of sp³-hybridized carbons (Fsp3) is 0.656. The molecule has 1 spiro atoms. The van der Waals surface area contributed by atoms with Gasteiger partial charge in [0.1, 0.15) is 11.0 Å². The van der Waals surface area contributed by atoms with Crippen LogP contribution in [0, 0.1) is 5.41 Å². The van der Waals surface area contributed by atoms with Crippen molar-refractivity contribution in [3.05, 3.63) is 57.9 Å². The van der Waals surface area contributed by atoms with Crippen LogP contribution < -0.4 is 0 Å². The van der Waals surface area contributed by atoms with E-state index in [1.165, 1.54) is 0 Å². The number of benzene rings is 1. The van der Waals surface area contributed by atoms with E-state index in [0.29, 0.717) is 43.8 Å². The lowest BCUT2D eigenvalue weighted by Crippen LogP contribution is -2.45. The van der Waals surface area contributed by atoms with E-state index < -0.39 is 35.1 Å². The first-order chi connectivity index (χ1) is 19.3. The number of aromatic nitrogens is 1. The molecular weight excluding hydrogens is 601 g/mol. The van der Waals surface area contributed by atoms with Crippen molar-refractivity contribution < 1.29 is 33.3 Å². The molecule has 3 aliphatic rings. The van der Waals surface area contributed by atoms with E-state index in [4.69, 9.17) is 18.9 Å². The molecule has 0 radical (unpaired) electrons. The van der Waals surface area contributed by atoms with E-state index in [0.717, 1.165) is 53.1 Å². The smallest absolute Gasteiger partial charge is 0.310 e. The Morgan fingerprint density at radius 1 is 0.977 bits per heavy atom. The maximum atomic E-state index is 13.6. The minimum absolute atomic E-state index is 0.00564. The first-order valence-corrected chi connectivity index (χ1v) is 20.0. The third kappa shape index (κ3) is 6.05. The molecule has 0 saturated carbocycles. The summed E-state index contributed by atoms with van der Waals surface area (Å²) in [6.07, 6.45) is 1.74. The Labute approximate surface area is 253 Å². The Hall–Kier alpha value is -1.53. The van der Waals surface area contributed by atoms with E-state index in [-0.39, 0.29) is 22.5 Å². The summed E-state index contributed by atoms with van der Waals surface area (Å²) in [7, 11) is -12.1. The molecule has 0 amide bonds. The van der Waals surface area contributed by atoms with Gasteiger partial charge in [-0.25, -0.2) is 0 Å². The van der Waals surface area contributed by atoms with Crippen LogP contribution in [0.15, 0.2) is 29.2 Å². The van der Waals surface area contributed by atoms with E-state index >= 15 is 0 Å². The zero-order valence-electron chi connectivity index (χ0n) is 26.8.